The van der Waals surface area contributed by atoms with Crippen molar-refractivity contribution in [3.05, 3.63) is 112 Å². The van der Waals surface area contributed by atoms with Gasteiger partial charge < -0.3 is 4.90 Å². The summed E-state index contributed by atoms with van der Waals surface area (Å²) >= 11 is 0. The molecule has 0 saturated carbocycles. The Hall–Kier alpha value is -3.98. The normalized spacial score (nSPS) is 15.9. The Morgan fingerprint density at radius 2 is 1.29 bits per heavy atom. The smallest absolute Gasteiger partial charge is 0.197 e. The molecule has 0 bridgehead atoms. The van der Waals surface area contributed by atoms with Crippen LogP contribution in [0.3, 0.4) is 0 Å². The molecule has 3 nitrogen and oxygen atoms in total. The van der Waals surface area contributed by atoms with Gasteiger partial charge in [0.2, 0.25) is 0 Å². The predicted octanol–water partition coefficient (Wildman–Crippen LogP) is 7.02. The van der Waals surface area contributed by atoms with Crippen molar-refractivity contribution in [1.29, 1.82) is 0 Å². The number of anilines is 2. The molecule has 2 aliphatic rings. The van der Waals surface area contributed by atoms with Crippen LogP contribution in [-0.4, -0.2) is 18.6 Å². The number of aryl methyl sites for hydroxylation is 1. The standard InChI is InChI=1S/C31H25NO2/c1-18-9-11-27-25(13-18)31(2,3)26-15-19(10-12-28(26)32(27)4)14-24-29(33)22-16-20-7-5-6-8-21(20)17-23(22)30(24)34/h5-17H,1-4H3. The summed E-state index contributed by atoms with van der Waals surface area (Å²) in [7, 11) is 2.09. The molecule has 0 radical (unpaired) electrons. The quantitative estimate of drug-likeness (QED) is 0.234. The van der Waals surface area contributed by atoms with Crippen LogP contribution in [0.2, 0.25) is 0 Å². The Bertz CT molecular complexity index is 1530. The molecule has 4 aromatic carbocycles. The zero-order valence-corrected chi connectivity index (χ0v) is 19.8. The average molecular weight is 444 g/mol. The van der Waals surface area contributed by atoms with Gasteiger partial charge in [-0.25, -0.2) is 0 Å². The molecule has 0 fully saturated rings. The molecule has 0 amide bonds. The van der Waals surface area contributed by atoms with Crippen LogP contribution < -0.4 is 4.90 Å². The lowest BCUT2D eigenvalue weighted by Gasteiger charge is -2.40. The molecule has 0 aromatic heterocycles. The van der Waals surface area contributed by atoms with Gasteiger partial charge in [0, 0.05) is 35.0 Å². The molecule has 1 aliphatic heterocycles. The number of Topliss-reactive ketones (excluding diaryl/α,β-unsaturated/α-hetero) is 2. The van der Waals surface area contributed by atoms with Gasteiger partial charge in [0.05, 0.1) is 5.57 Å². The van der Waals surface area contributed by atoms with Crippen molar-refractivity contribution in [2.45, 2.75) is 26.2 Å². The van der Waals surface area contributed by atoms with Crippen molar-refractivity contribution in [2.75, 3.05) is 11.9 Å². The number of carbonyl (C=O) groups excluding carboxylic acids is 2. The summed E-state index contributed by atoms with van der Waals surface area (Å²) in [5, 5.41) is 1.94. The van der Waals surface area contributed by atoms with Crippen LogP contribution >= 0.6 is 0 Å². The molecule has 0 saturated heterocycles. The van der Waals surface area contributed by atoms with Crippen LogP contribution in [0.4, 0.5) is 11.4 Å². The third-order valence-electron chi connectivity index (χ3n) is 7.42. The number of rotatable bonds is 1. The monoisotopic (exact) mass is 443 g/mol. The molecular weight excluding hydrogens is 418 g/mol. The van der Waals surface area contributed by atoms with Crippen LogP contribution in [0.5, 0.6) is 0 Å². The SMILES string of the molecule is Cc1ccc2c(c1)C(C)(C)c1cc(C=C3C(=O)c4cc5ccccc5cc4C3=O)ccc1N2C. The second kappa shape index (κ2) is 7.01. The van der Waals surface area contributed by atoms with Crippen LogP contribution in [0.25, 0.3) is 16.8 Å². The lowest BCUT2D eigenvalue weighted by molar-refractivity contribution is 0.0990. The number of carbonyl (C=O) groups is 2. The van der Waals surface area contributed by atoms with E-state index in [9.17, 15) is 9.59 Å². The Labute approximate surface area is 199 Å². The zero-order chi connectivity index (χ0) is 23.8. The van der Waals surface area contributed by atoms with Gasteiger partial charge in [-0.15, -0.1) is 0 Å². The van der Waals surface area contributed by atoms with Gasteiger partial charge in [-0.3, -0.25) is 9.59 Å². The molecule has 34 heavy (non-hydrogen) atoms. The molecular formula is C31H25NO2. The first-order chi connectivity index (χ1) is 16.3. The lowest BCUT2D eigenvalue weighted by Crippen LogP contribution is -2.31. The van der Waals surface area contributed by atoms with E-state index in [4.69, 9.17) is 0 Å². The first-order valence-corrected chi connectivity index (χ1v) is 11.6. The highest BCUT2D eigenvalue weighted by molar-refractivity contribution is 6.42. The lowest BCUT2D eigenvalue weighted by atomic mass is 9.73. The Kier molecular flexibility index (Phi) is 4.25. The van der Waals surface area contributed by atoms with E-state index in [0.717, 1.165) is 22.0 Å². The molecule has 6 rings (SSSR count). The molecule has 1 heterocycles. The Morgan fingerprint density at radius 1 is 0.735 bits per heavy atom. The predicted molar refractivity (Wildman–Crippen MR) is 138 cm³/mol. The second-order valence-corrected chi connectivity index (χ2v) is 9.94. The Balaban J connectivity index is 1.46. The van der Waals surface area contributed by atoms with E-state index in [1.165, 1.54) is 22.4 Å². The summed E-state index contributed by atoms with van der Waals surface area (Å²) in [4.78, 5) is 28.7. The highest BCUT2D eigenvalue weighted by Gasteiger charge is 2.36. The molecule has 0 N–H and O–H groups in total. The van der Waals surface area contributed by atoms with Gasteiger partial charge in [0.25, 0.3) is 0 Å². The van der Waals surface area contributed by atoms with E-state index in [1.54, 1.807) is 6.08 Å². The molecule has 0 spiro atoms. The van der Waals surface area contributed by atoms with E-state index in [-0.39, 0.29) is 22.6 Å². The highest BCUT2D eigenvalue weighted by Crippen LogP contribution is 2.48. The first-order valence-electron chi connectivity index (χ1n) is 11.6. The fraction of sp³-hybridized carbons (Fsp3) is 0.161. The number of hydrogen-bond donors (Lipinski definition) is 0. The number of nitrogens with zero attached hydrogens (tertiary/aromatic N) is 1. The first kappa shape index (κ1) is 20.6. The third-order valence-corrected chi connectivity index (χ3v) is 7.42. The average Bonchev–Trinajstić information content (AvgIpc) is 3.05. The number of hydrogen-bond acceptors (Lipinski definition) is 3. The van der Waals surface area contributed by atoms with Crippen LogP contribution in [0.1, 0.15) is 56.8 Å². The summed E-state index contributed by atoms with van der Waals surface area (Å²) in [6, 6.07) is 24.3. The second-order valence-electron chi connectivity index (χ2n) is 9.94. The van der Waals surface area contributed by atoms with Gasteiger partial charge >= 0.3 is 0 Å². The van der Waals surface area contributed by atoms with E-state index in [1.807, 2.05) is 42.5 Å². The van der Waals surface area contributed by atoms with Gasteiger partial charge in [-0.2, -0.15) is 0 Å². The molecule has 3 heteroatoms. The van der Waals surface area contributed by atoms with Gasteiger partial charge in [-0.05, 0) is 70.8 Å². The van der Waals surface area contributed by atoms with Crippen LogP contribution in [0, 0.1) is 6.92 Å². The highest BCUT2D eigenvalue weighted by atomic mass is 16.2. The number of fused-ring (bicyclic) bond motifs is 4. The number of benzene rings is 4. The molecule has 1 aliphatic carbocycles. The van der Waals surface area contributed by atoms with Crippen molar-refractivity contribution in [1.82, 2.24) is 0 Å². The summed E-state index contributed by atoms with van der Waals surface area (Å²) in [6.07, 6.45) is 1.76. The number of ketones is 2. The minimum absolute atomic E-state index is 0.194. The van der Waals surface area contributed by atoms with Crippen molar-refractivity contribution in [3.63, 3.8) is 0 Å². The topological polar surface area (TPSA) is 37.4 Å². The maximum Gasteiger partial charge on any atom is 0.197 e. The largest absolute Gasteiger partial charge is 0.344 e. The van der Waals surface area contributed by atoms with E-state index in [2.05, 4.69) is 63.1 Å². The summed E-state index contributed by atoms with van der Waals surface area (Å²) in [5.41, 5.74) is 7.93. The number of allylic oxidation sites excluding steroid dienone is 1. The van der Waals surface area contributed by atoms with Gasteiger partial charge in [-0.1, -0.05) is 61.9 Å². The summed E-state index contributed by atoms with van der Waals surface area (Å²) in [6.45, 7) is 6.59. The minimum Gasteiger partial charge on any atom is -0.344 e. The molecule has 4 aromatic rings. The van der Waals surface area contributed by atoms with Crippen molar-refractivity contribution >= 4 is 39.8 Å². The maximum atomic E-state index is 13.2. The van der Waals surface area contributed by atoms with E-state index in [0.29, 0.717) is 11.1 Å². The fourth-order valence-corrected chi connectivity index (χ4v) is 5.46. The molecule has 166 valence electrons. The molecule has 0 unspecified atom stereocenters. The fourth-order valence-electron chi connectivity index (χ4n) is 5.46. The summed E-state index contributed by atoms with van der Waals surface area (Å²) < 4.78 is 0. The maximum absolute atomic E-state index is 13.2. The van der Waals surface area contributed by atoms with Crippen LogP contribution in [0.15, 0.2) is 78.4 Å². The molecule has 0 atom stereocenters. The van der Waals surface area contributed by atoms with Crippen molar-refractivity contribution in [2.24, 2.45) is 0 Å². The van der Waals surface area contributed by atoms with Gasteiger partial charge in [0.1, 0.15) is 0 Å². The van der Waals surface area contributed by atoms with Crippen LogP contribution in [-0.2, 0) is 5.41 Å². The summed E-state index contributed by atoms with van der Waals surface area (Å²) in [5.74, 6) is -0.387. The van der Waals surface area contributed by atoms with Gasteiger partial charge in [0.15, 0.2) is 11.6 Å². The Morgan fingerprint density at radius 3 is 1.91 bits per heavy atom. The van der Waals surface area contributed by atoms with E-state index < -0.39 is 0 Å². The van der Waals surface area contributed by atoms with Crippen molar-refractivity contribution < 1.29 is 9.59 Å². The van der Waals surface area contributed by atoms with E-state index >= 15 is 0 Å². The van der Waals surface area contributed by atoms with Crippen molar-refractivity contribution in [3.8, 4) is 0 Å². The zero-order valence-electron chi connectivity index (χ0n) is 19.8. The third kappa shape index (κ3) is 2.83. The minimum atomic E-state index is -0.206.